The number of imidazole rings is 1. The van der Waals surface area contributed by atoms with Gasteiger partial charge in [0.15, 0.2) is 0 Å². The highest BCUT2D eigenvalue weighted by molar-refractivity contribution is 7.45. The molecule has 0 aromatic carbocycles. The number of hydrogen-bond acceptors (Lipinski definition) is 4. The summed E-state index contributed by atoms with van der Waals surface area (Å²) in [5.41, 5.74) is 0. The summed E-state index contributed by atoms with van der Waals surface area (Å²) in [6.45, 7) is 4.39. The number of hydrogen-bond donors (Lipinski definition) is 0. The molecule has 1 rings (SSSR count). The van der Waals surface area contributed by atoms with Gasteiger partial charge in [0.05, 0.1) is 27.3 Å². The van der Waals surface area contributed by atoms with Gasteiger partial charge in [-0.25, -0.2) is 9.13 Å². The van der Waals surface area contributed by atoms with Crippen molar-refractivity contribution >= 4 is 7.82 Å². The van der Waals surface area contributed by atoms with Gasteiger partial charge in [0, 0.05) is 0 Å². The second-order valence-corrected chi connectivity index (χ2v) is 5.98. The first kappa shape index (κ1) is 19.3. The number of rotatable bonds is 8. The van der Waals surface area contributed by atoms with Crippen molar-refractivity contribution in [1.82, 2.24) is 4.57 Å². The molecule has 0 radical (unpaired) electrons. The molecule has 0 fully saturated rings. The molecule has 0 aliphatic carbocycles. The molecule has 0 N–H and O–H groups in total. The van der Waals surface area contributed by atoms with Crippen molar-refractivity contribution in [2.75, 3.05) is 13.2 Å². The first-order valence-corrected chi connectivity index (χ1v) is 8.44. The summed E-state index contributed by atoms with van der Waals surface area (Å²) in [4.78, 5) is 11.0. The van der Waals surface area contributed by atoms with Crippen LogP contribution in [0.3, 0.4) is 0 Å². The lowest BCUT2D eigenvalue weighted by atomic mass is 10.4. The number of aryl methyl sites for hydroxylation is 2. The Morgan fingerprint density at radius 1 is 1.20 bits per heavy atom. The molecule has 1 heterocycles. The Bertz CT molecular complexity index is 365. The van der Waals surface area contributed by atoms with Crippen molar-refractivity contribution in [1.29, 1.82) is 0 Å². The summed E-state index contributed by atoms with van der Waals surface area (Å²) in [5.74, 6) is 0. The zero-order valence-corrected chi connectivity index (χ0v) is 13.8. The molecule has 1 aromatic heterocycles. The minimum atomic E-state index is -4.00. The van der Waals surface area contributed by atoms with Gasteiger partial charge in [-0.15, -0.1) is 0 Å². The van der Waals surface area contributed by atoms with Crippen molar-refractivity contribution < 1.29 is 23.1 Å². The molecule has 0 aliphatic rings. The second kappa shape index (κ2) is 11.0. The van der Waals surface area contributed by atoms with Crippen LogP contribution in [0.1, 0.15) is 39.5 Å². The molecule has 0 saturated carbocycles. The van der Waals surface area contributed by atoms with E-state index in [1.807, 2.05) is 55.8 Å². The molecule has 20 heavy (non-hydrogen) atoms. The monoisotopic (exact) mass is 306 g/mol. The molecule has 0 spiro atoms. The van der Waals surface area contributed by atoms with Gasteiger partial charge in [-0.05, 0) is 12.8 Å². The summed E-state index contributed by atoms with van der Waals surface area (Å²) in [6.07, 6.45) is 9.30. The zero-order chi connectivity index (χ0) is 15.4. The average Bonchev–Trinajstić information content (AvgIpc) is 2.74. The summed E-state index contributed by atoms with van der Waals surface area (Å²) in [5, 5.41) is 0. The molecule has 0 atom stereocenters. The van der Waals surface area contributed by atoms with E-state index in [1.54, 1.807) is 0 Å². The standard InChI is InChI=1S/C8H19O4P.C5H9N2/c1-3-5-7-11-13(9,10)12-8-6-4-2;1-6-3-4-7(2)5-6/h3-8H2,1-2H3,(H,9,10);3-5H,1-2H3/q;+1/p-1. The highest BCUT2D eigenvalue weighted by Gasteiger charge is 2.07. The highest BCUT2D eigenvalue weighted by Crippen LogP contribution is 2.38. The molecule has 0 bridgehead atoms. The van der Waals surface area contributed by atoms with Gasteiger partial charge < -0.3 is 13.9 Å². The maximum absolute atomic E-state index is 11.0. The van der Waals surface area contributed by atoms with Crippen LogP contribution in [-0.4, -0.2) is 17.8 Å². The van der Waals surface area contributed by atoms with Gasteiger partial charge in [0.25, 0.3) is 7.82 Å². The Kier molecular flexibility index (Phi) is 10.7. The third kappa shape index (κ3) is 11.2. The third-order valence-electron chi connectivity index (χ3n) is 2.40. The SMILES string of the molecule is CCCCOP(=O)([O-])OCCCC.Cn1cc[n+](C)c1. The second-order valence-electron chi connectivity index (χ2n) is 4.57. The van der Waals surface area contributed by atoms with Gasteiger partial charge in [-0.3, -0.25) is 4.57 Å². The molecular formula is C13H27N2O4P. The van der Waals surface area contributed by atoms with Gasteiger partial charge in [-0.1, -0.05) is 26.7 Å². The lowest BCUT2D eigenvalue weighted by Gasteiger charge is -2.22. The van der Waals surface area contributed by atoms with Gasteiger partial charge in [-0.2, -0.15) is 0 Å². The van der Waals surface area contributed by atoms with Crippen LogP contribution in [0.15, 0.2) is 18.7 Å². The molecule has 0 unspecified atom stereocenters. The Hall–Kier alpha value is -0.680. The molecular weight excluding hydrogens is 279 g/mol. The topological polar surface area (TPSA) is 67.4 Å². The minimum Gasteiger partial charge on any atom is -0.756 e. The maximum Gasteiger partial charge on any atom is 0.267 e. The lowest BCUT2D eigenvalue weighted by molar-refractivity contribution is -0.670. The van der Waals surface area contributed by atoms with E-state index in [0.29, 0.717) is 0 Å². The number of unbranched alkanes of at least 4 members (excludes halogenated alkanes) is 2. The van der Waals surface area contributed by atoms with Crippen LogP contribution in [0.4, 0.5) is 0 Å². The van der Waals surface area contributed by atoms with Crippen molar-refractivity contribution in [3.63, 3.8) is 0 Å². The van der Waals surface area contributed by atoms with E-state index >= 15 is 0 Å². The van der Waals surface area contributed by atoms with E-state index in [-0.39, 0.29) is 13.2 Å². The first-order chi connectivity index (χ1) is 9.41. The Morgan fingerprint density at radius 2 is 1.70 bits per heavy atom. The Labute approximate surface area is 122 Å². The van der Waals surface area contributed by atoms with Crippen LogP contribution in [0.5, 0.6) is 0 Å². The molecule has 0 amide bonds. The van der Waals surface area contributed by atoms with Gasteiger partial charge >= 0.3 is 0 Å². The summed E-state index contributed by atoms with van der Waals surface area (Å²) in [7, 11) is -0.00193. The first-order valence-electron chi connectivity index (χ1n) is 6.98. The highest BCUT2D eigenvalue weighted by atomic mass is 31.2. The summed E-state index contributed by atoms with van der Waals surface area (Å²) in [6, 6.07) is 0. The smallest absolute Gasteiger partial charge is 0.267 e. The van der Waals surface area contributed by atoms with Crippen LogP contribution >= 0.6 is 7.82 Å². The maximum atomic E-state index is 11.0. The Balaban J connectivity index is 0.000000428. The van der Waals surface area contributed by atoms with E-state index < -0.39 is 7.82 Å². The number of aromatic nitrogens is 2. The van der Waals surface area contributed by atoms with Crippen LogP contribution in [0.2, 0.25) is 0 Å². The number of phosphoric ester groups is 1. The van der Waals surface area contributed by atoms with Crippen molar-refractivity contribution in [3.05, 3.63) is 18.7 Å². The van der Waals surface area contributed by atoms with E-state index in [2.05, 4.69) is 9.05 Å². The van der Waals surface area contributed by atoms with Crippen molar-refractivity contribution in [2.24, 2.45) is 14.1 Å². The van der Waals surface area contributed by atoms with E-state index in [4.69, 9.17) is 0 Å². The quantitative estimate of drug-likeness (QED) is 0.418. The summed E-state index contributed by atoms with van der Waals surface area (Å²) < 4.78 is 24.2. The molecule has 118 valence electrons. The number of phosphoric acid groups is 1. The fourth-order valence-electron chi connectivity index (χ4n) is 1.25. The fourth-order valence-corrected chi connectivity index (χ4v) is 2.03. The normalized spacial score (nSPS) is 11.1. The number of nitrogens with zero attached hydrogens (tertiary/aromatic N) is 2. The molecule has 6 nitrogen and oxygen atoms in total. The van der Waals surface area contributed by atoms with Crippen LogP contribution < -0.4 is 9.46 Å². The molecule has 0 saturated heterocycles. The van der Waals surface area contributed by atoms with Crippen LogP contribution in [0.25, 0.3) is 0 Å². The van der Waals surface area contributed by atoms with Gasteiger partial charge in [0.1, 0.15) is 12.4 Å². The minimum absolute atomic E-state index is 0.226. The zero-order valence-electron chi connectivity index (χ0n) is 12.9. The van der Waals surface area contributed by atoms with E-state index in [9.17, 15) is 9.46 Å². The molecule has 1 aromatic rings. The molecule has 7 heteroatoms. The van der Waals surface area contributed by atoms with Crippen LogP contribution in [-0.2, 0) is 27.7 Å². The predicted octanol–water partition coefficient (Wildman–Crippen LogP) is 1.94. The third-order valence-corrected chi connectivity index (χ3v) is 3.39. The Morgan fingerprint density at radius 3 is 1.95 bits per heavy atom. The van der Waals surface area contributed by atoms with Crippen molar-refractivity contribution in [3.8, 4) is 0 Å². The molecule has 0 aliphatic heterocycles. The lowest BCUT2D eigenvalue weighted by Crippen LogP contribution is -2.23. The van der Waals surface area contributed by atoms with E-state index in [1.165, 1.54) is 0 Å². The fraction of sp³-hybridized carbons (Fsp3) is 0.769. The van der Waals surface area contributed by atoms with Gasteiger partial charge in [0.2, 0.25) is 6.33 Å². The summed E-state index contributed by atoms with van der Waals surface area (Å²) >= 11 is 0. The average molecular weight is 306 g/mol. The van der Waals surface area contributed by atoms with E-state index in [0.717, 1.165) is 25.7 Å². The van der Waals surface area contributed by atoms with Crippen molar-refractivity contribution in [2.45, 2.75) is 39.5 Å². The largest absolute Gasteiger partial charge is 0.756 e. The van der Waals surface area contributed by atoms with Crippen LogP contribution in [0, 0.1) is 0 Å². The predicted molar refractivity (Wildman–Crippen MR) is 75.9 cm³/mol.